The number of hydrogen-bond donors (Lipinski definition) is 2. The summed E-state index contributed by atoms with van der Waals surface area (Å²) in [7, 11) is 0. The highest BCUT2D eigenvalue weighted by Crippen LogP contribution is 2.47. The van der Waals surface area contributed by atoms with Gasteiger partial charge in [-0.25, -0.2) is 0 Å². The summed E-state index contributed by atoms with van der Waals surface area (Å²) in [5.41, 5.74) is -1.23. The minimum absolute atomic E-state index is 0.000241. The van der Waals surface area contributed by atoms with Crippen LogP contribution in [0.4, 0.5) is 0 Å². The van der Waals surface area contributed by atoms with Crippen molar-refractivity contribution >= 4 is 17.7 Å². The molecule has 7 nitrogen and oxygen atoms in total. The van der Waals surface area contributed by atoms with Gasteiger partial charge >= 0.3 is 11.9 Å². The van der Waals surface area contributed by atoms with Gasteiger partial charge in [-0.15, -0.1) is 0 Å². The number of ether oxygens (including phenoxy) is 2. The smallest absolute Gasteiger partial charge is 0.317 e. The van der Waals surface area contributed by atoms with Crippen molar-refractivity contribution in [1.82, 2.24) is 0 Å². The molecule has 1 aliphatic carbocycles. The lowest BCUT2D eigenvalue weighted by Gasteiger charge is -2.44. The number of aromatic hydroxyl groups is 1. The number of carbonyl (C=O) groups excluding carboxylic acids is 3. The molecule has 0 heterocycles. The predicted molar refractivity (Wildman–Crippen MR) is 101 cm³/mol. The van der Waals surface area contributed by atoms with Crippen LogP contribution in [0.25, 0.3) is 0 Å². The standard InChI is InChI=1S/C21H28O7/c1-11(2)27-19(24)17-15(23)10-21(5,26)18(20(25)28-12(3)4)16(17)13-6-8-14(22)9-7-13/h6-9,11-12,16-18,22,26H,10H2,1-5H3/t16-,17+,18+,21-/m1/s1. The molecule has 0 radical (unpaired) electrons. The molecule has 2 rings (SSSR count). The molecule has 0 bridgehead atoms. The minimum Gasteiger partial charge on any atom is -0.508 e. The summed E-state index contributed by atoms with van der Waals surface area (Å²) in [4.78, 5) is 38.4. The first-order valence-corrected chi connectivity index (χ1v) is 9.39. The third kappa shape index (κ3) is 4.70. The molecule has 1 aromatic rings. The Labute approximate surface area is 164 Å². The van der Waals surface area contributed by atoms with E-state index in [1.54, 1.807) is 27.7 Å². The van der Waals surface area contributed by atoms with E-state index in [1.807, 2.05) is 0 Å². The van der Waals surface area contributed by atoms with E-state index in [4.69, 9.17) is 9.47 Å². The number of phenols is 1. The van der Waals surface area contributed by atoms with Crippen LogP contribution in [0.5, 0.6) is 5.75 Å². The van der Waals surface area contributed by atoms with Crippen molar-refractivity contribution in [2.45, 2.75) is 64.8 Å². The summed E-state index contributed by atoms with van der Waals surface area (Å²) in [6.07, 6.45) is -1.23. The van der Waals surface area contributed by atoms with E-state index >= 15 is 0 Å². The molecule has 0 amide bonds. The molecular formula is C21H28O7. The average Bonchev–Trinajstić information content (AvgIpc) is 2.52. The number of hydrogen-bond acceptors (Lipinski definition) is 7. The number of benzene rings is 1. The zero-order chi connectivity index (χ0) is 21.2. The van der Waals surface area contributed by atoms with Crippen molar-refractivity contribution in [3.8, 4) is 5.75 Å². The molecular weight excluding hydrogens is 364 g/mol. The summed E-state index contributed by atoms with van der Waals surface area (Å²) >= 11 is 0. The molecule has 4 atom stereocenters. The van der Waals surface area contributed by atoms with Crippen molar-refractivity contribution < 1.29 is 34.1 Å². The summed E-state index contributed by atoms with van der Waals surface area (Å²) in [5, 5.41) is 20.5. The van der Waals surface area contributed by atoms with Gasteiger partial charge in [-0.05, 0) is 52.3 Å². The van der Waals surface area contributed by atoms with Crippen LogP contribution in [-0.2, 0) is 23.9 Å². The molecule has 0 aliphatic heterocycles. The largest absolute Gasteiger partial charge is 0.508 e. The lowest BCUT2D eigenvalue weighted by Crippen LogP contribution is -2.55. The number of aliphatic hydroxyl groups is 1. The van der Waals surface area contributed by atoms with Crippen LogP contribution in [0.1, 0.15) is 52.5 Å². The molecule has 154 valence electrons. The topological polar surface area (TPSA) is 110 Å². The molecule has 2 N–H and O–H groups in total. The molecule has 0 aromatic heterocycles. The normalized spacial score (nSPS) is 27.7. The second-order valence-electron chi connectivity index (χ2n) is 8.04. The Balaban J connectivity index is 2.59. The van der Waals surface area contributed by atoms with E-state index in [-0.39, 0.29) is 12.2 Å². The fourth-order valence-electron chi connectivity index (χ4n) is 3.72. The summed E-state index contributed by atoms with van der Waals surface area (Å²) < 4.78 is 10.6. The molecule has 1 aliphatic rings. The molecule has 0 spiro atoms. The second-order valence-corrected chi connectivity index (χ2v) is 8.04. The lowest BCUT2D eigenvalue weighted by molar-refractivity contribution is -0.176. The molecule has 1 aromatic carbocycles. The van der Waals surface area contributed by atoms with Crippen molar-refractivity contribution in [2.75, 3.05) is 0 Å². The Kier molecular flexibility index (Phi) is 6.49. The molecule has 1 saturated carbocycles. The first-order chi connectivity index (χ1) is 12.9. The van der Waals surface area contributed by atoms with Gasteiger partial charge in [0.2, 0.25) is 0 Å². The Morgan fingerprint density at radius 3 is 2.04 bits per heavy atom. The van der Waals surface area contributed by atoms with Crippen LogP contribution < -0.4 is 0 Å². The van der Waals surface area contributed by atoms with E-state index < -0.39 is 53.3 Å². The van der Waals surface area contributed by atoms with Gasteiger partial charge in [-0.3, -0.25) is 14.4 Å². The lowest BCUT2D eigenvalue weighted by atomic mass is 9.61. The number of rotatable bonds is 5. The van der Waals surface area contributed by atoms with Gasteiger partial charge in [0, 0.05) is 12.3 Å². The van der Waals surface area contributed by atoms with Gasteiger partial charge in [0.1, 0.15) is 11.7 Å². The maximum Gasteiger partial charge on any atom is 0.317 e. The predicted octanol–water partition coefficient (Wildman–Crippen LogP) is 2.34. The summed E-state index contributed by atoms with van der Waals surface area (Å²) in [6, 6.07) is 5.86. The Bertz CT molecular complexity index is 726. The number of esters is 2. The third-order valence-electron chi connectivity index (χ3n) is 4.76. The monoisotopic (exact) mass is 392 g/mol. The Morgan fingerprint density at radius 2 is 1.54 bits per heavy atom. The van der Waals surface area contributed by atoms with Gasteiger partial charge in [-0.2, -0.15) is 0 Å². The van der Waals surface area contributed by atoms with Crippen LogP contribution in [0.15, 0.2) is 24.3 Å². The zero-order valence-corrected chi connectivity index (χ0v) is 16.8. The summed E-state index contributed by atoms with van der Waals surface area (Å²) in [6.45, 7) is 8.10. The Morgan fingerprint density at radius 1 is 1.04 bits per heavy atom. The molecule has 7 heteroatoms. The number of Topliss-reactive ketones (excluding diaryl/α,β-unsaturated/α-hetero) is 1. The first-order valence-electron chi connectivity index (χ1n) is 9.39. The highest BCUT2D eigenvalue weighted by atomic mass is 16.5. The number of carbonyl (C=O) groups is 3. The minimum atomic E-state index is -1.69. The van der Waals surface area contributed by atoms with Crippen LogP contribution in [-0.4, -0.2) is 45.7 Å². The molecule has 0 saturated heterocycles. The molecule has 0 unspecified atom stereocenters. The fraction of sp³-hybridized carbons (Fsp3) is 0.571. The first kappa shape index (κ1) is 21.9. The second kappa shape index (κ2) is 8.31. The zero-order valence-electron chi connectivity index (χ0n) is 16.8. The van der Waals surface area contributed by atoms with Gasteiger partial charge < -0.3 is 19.7 Å². The SMILES string of the molecule is CC(C)OC(=O)[C@H]1C(=O)C[C@@](C)(O)[C@H](C(=O)OC(C)C)[C@@H]1c1ccc(O)cc1. The Hall–Kier alpha value is -2.41. The van der Waals surface area contributed by atoms with E-state index in [0.717, 1.165) is 0 Å². The van der Waals surface area contributed by atoms with Crippen molar-refractivity contribution in [3.63, 3.8) is 0 Å². The van der Waals surface area contributed by atoms with Crippen LogP contribution in [0.3, 0.4) is 0 Å². The van der Waals surface area contributed by atoms with E-state index in [2.05, 4.69) is 0 Å². The van der Waals surface area contributed by atoms with Gasteiger partial charge in [0.25, 0.3) is 0 Å². The maximum atomic E-state index is 12.9. The number of phenolic OH excluding ortho intramolecular Hbond substituents is 1. The van der Waals surface area contributed by atoms with Gasteiger partial charge in [0.15, 0.2) is 5.78 Å². The quantitative estimate of drug-likeness (QED) is 0.584. The fourth-order valence-corrected chi connectivity index (χ4v) is 3.72. The summed E-state index contributed by atoms with van der Waals surface area (Å²) in [5.74, 6) is -5.31. The number of ketones is 1. The van der Waals surface area contributed by atoms with Crippen LogP contribution >= 0.6 is 0 Å². The molecule has 28 heavy (non-hydrogen) atoms. The molecule has 1 fully saturated rings. The van der Waals surface area contributed by atoms with Crippen molar-refractivity contribution in [2.24, 2.45) is 11.8 Å². The van der Waals surface area contributed by atoms with E-state index in [1.165, 1.54) is 31.2 Å². The average molecular weight is 392 g/mol. The third-order valence-corrected chi connectivity index (χ3v) is 4.76. The van der Waals surface area contributed by atoms with E-state index in [0.29, 0.717) is 5.56 Å². The van der Waals surface area contributed by atoms with Gasteiger partial charge in [0.05, 0.1) is 23.7 Å². The van der Waals surface area contributed by atoms with E-state index in [9.17, 15) is 24.6 Å². The van der Waals surface area contributed by atoms with Crippen LogP contribution in [0.2, 0.25) is 0 Å². The van der Waals surface area contributed by atoms with Crippen molar-refractivity contribution in [3.05, 3.63) is 29.8 Å². The van der Waals surface area contributed by atoms with Gasteiger partial charge in [-0.1, -0.05) is 12.1 Å². The highest BCUT2D eigenvalue weighted by Gasteiger charge is 2.57. The maximum absolute atomic E-state index is 12.9. The van der Waals surface area contributed by atoms with Crippen LogP contribution in [0, 0.1) is 11.8 Å². The highest BCUT2D eigenvalue weighted by molar-refractivity contribution is 6.02. The van der Waals surface area contributed by atoms with Crippen molar-refractivity contribution in [1.29, 1.82) is 0 Å².